The Balaban J connectivity index is 3.78. The minimum Gasteiger partial charge on any atom is -0.399 e. The largest absolute Gasteiger partial charge is 0.399 e. The Bertz CT molecular complexity index is 615. The fourth-order valence-corrected chi connectivity index (χ4v) is 2.84. The lowest BCUT2D eigenvalue weighted by Gasteiger charge is -2.39. The molecule has 1 rings (SSSR count). The predicted molar refractivity (Wildman–Crippen MR) is 109 cm³/mol. The Morgan fingerprint density at radius 2 is 1.41 bits per heavy atom. The fraction of sp³-hybridized carbons (Fsp3) is 0.727. The van der Waals surface area contributed by atoms with Gasteiger partial charge in [-0.05, 0) is 50.2 Å². The number of ketones is 1. The van der Waals surface area contributed by atoms with E-state index in [0.29, 0.717) is 23.3 Å². The third kappa shape index (κ3) is 5.76. The van der Waals surface area contributed by atoms with Gasteiger partial charge in [-0.15, -0.1) is 0 Å². The summed E-state index contributed by atoms with van der Waals surface area (Å²) in [5.74, 6) is 0.0397. The molecule has 0 fully saturated rings. The van der Waals surface area contributed by atoms with Crippen LogP contribution in [0, 0.1) is 10.8 Å². The van der Waals surface area contributed by atoms with Crippen LogP contribution in [0.3, 0.4) is 0 Å². The lowest BCUT2D eigenvalue weighted by Crippen LogP contribution is -2.46. The average Bonchev–Trinajstić information content (AvgIpc) is 2.49. The van der Waals surface area contributed by atoms with Crippen molar-refractivity contribution >= 4 is 11.5 Å². The summed E-state index contributed by atoms with van der Waals surface area (Å²) in [5, 5.41) is 4.21. The first-order chi connectivity index (χ1) is 12.1. The summed E-state index contributed by atoms with van der Waals surface area (Å²) in [5.41, 5.74) is -0.323. The molecular weight excluding hydrogens is 342 g/mol. The Morgan fingerprint density at radius 1 is 0.963 bits per heavy atom. The number of carbonyl (C=O) groups excluding carboxylic acids is 1. The molecule has 1 aliphatic rings. The van der Waals surface area contributed by atoms with E-state index in [-0.39, 0.29) is 16.6 Å². The van der Waals surface area contributed by atoms with Gasteiger partial charge in [0.1, 0.15) is 7.11 Å². The number of Topliss-reactive ketones (excluding diaryl/α,β-unsaturated/α-hetero) is 1. The molecule has 0 aliphatic heterocycles. The number of hydrogen-bond acceptors (Lipinski definition) is 5. The Hall–Kier alpha value is -1.46. The first-order valence-electron chi connectivity index (χ1n) is 9.56. The monoisotopic (exact) mass is 379 g/mol. The highest BCUT2D eigenvalue weighted by Crippen LogP contribution is 2.42. The highest BCUT2D eigenvalue weighted by molar-refractivity contribution is 6.14. The van der Waals surface area contributed by atoms with E-state index < -0.39 is 11.2 Å². The van der Waals surface area contributed by atoms with E-state index in [2.05, 4.69) is 5.16 Å². The molecule has 0 aromatic heterocycles. The maximum absolute atomic E-state index is 13.3. The second-order valence-electron chi connectivity index (χ2n) is 10.1. The second-order valence-corrected chi connectivity index (χ2v) is 10.1. The van der Waals surface area contributed by atoms with Crippen molar-refractivity contribution < 1.29 is 19.4 Å². The van der Waals surface area contributed by atoms with Crippen LogP contribution >= 0.6 is 0 Å². The van der Waals surface area contributed by atoms with Gasteiger partial charge in [-0.2, -0.15) is 0 Å². The molecule has 0 spiro atoms. The average molecular weight is 380 g/mol. The molecule has 0 saturated carbocycles. The van der Waals surface area contributed by atoms with E-state index in [1.807, 2.05) is 81.4 Å². The van der Waals surface area contributed by atoms with Gasteiger partial charge in [-0.3, -0.25) is 4.79 Å². The summed E-state index contributed by atoms with van der Waals surface area (Å²) in [4.78, 5) is 30.1. The van der Waals surface area contributed by atoms with Gasteiger partial charge >= 0.3 is 0 Å². The minimum absolute atomic E-state index is 0.0397. The van der Waals surface area contributed by atoms with Gasteiger partial charge in [0.2, 0.25) is 0 Å². The Kier molecular flexibility index (Phi) is 6.88. The van der Waals surface area contributed by atoms with Crippen molar-refractivity contribution in [2.75, 3.05) is 7.11 Å². The quantitative estimate of drug-likeness (QED) is 0.364. The summed E-state index contributed by atoms with van der Waals surface area (Å²) in [6.07, 6.45) is 4.27. The van der Waals surface area contributed by atoms with E-state index in [1.54, 1.807) is 0 Å². The zero-order valence-corrected chi connectivity index (χ0v) is 18.9. The van der Waals surface area contributed by atoms with Crippen molar-refractivity contribution in [2.45, 2.75) is 86.9 Å². The van der Waals surface area contributed by atoms with Crippen LogP contribution in [0.25, 0.3) is 0 Å². The molecule has 0 radical (unpaired) electrons. The van der Waals surface area contributed by atoms with Crippen molar-refractivity contribution in [3.8, 4) is 0 Å². The van der Waals surface area contributed by atoms with Gasteiger partial charge < -0.3 is 4.84 Å². The van der Waals surface area contributed by atoms with E-state index in [9.17, 15) is 4.79 Å². The molecule has 0 unspecified atom stereocenters. The topological polar surface area (TPSA) is 57.1 Å². The van der Waals surface area contributed by atoms with E-state index in [4.69, 9.17) is 14.6 Å². The van der Waals surface area contributed by atoms with Crippen molar-refractivity contribution in [2.24, 2.45) is 16.0 Å². The standard InChI is InChI=1S/C22H37NO4/c1-12-17(23-25-11)22(27-26-21(8,9)10)13-15(19(2,3)4)18(24)16(14-22)20(5,6)7/h13-14H,12H2,1-11H3. The lowest BCUT2D eigenvalue weighted by atomic mass is 9.69. The zero-order chi connectivity index (χ0) is 21.3. The fourth-order valence-electron chi connectivity index (χ4n) is 2.84. The molecule has 0 atom stereocenters. The first kappa shape index (κ1) is 23.6. The van der Waals surface area contributed by atoms with Crippen LogP contribution in [0.1, 0.15) is 75.7 Å². The van der Waals surface area contributed by atoms with Crippen molar-refractivity contribution in [1.29, 1.82) is 0 Å². The number of allylic oxidation sites excluding steroid dienone is 2. The van der Waals surface area contributed by atoms with Gasteiger partial charge in [0, 0.05) is 11.1 Å². The molecule has 0 amide bonds. The molecule has 0 aromatic carbocycles. The smallest absolute Gasteiger partial charge is 0.185 e. The van der Waals surface area contributed by atoms with E-state index >= 15 is 0 Å². The van der Waals surface area contributed by atoms with Crippen molar-refractivity contribution in [1.82, 2.24) is 0 Å². The summed E-state index contributed by atoms with van der Waals surface area (Å²) in [7, 11) is 1.50. The summed E-state index contributed by atoms with van der Waals surface area (Å²) in [6.45, 7) is 19.9. The molecule has 0 bridgehead atoms. The minimum atomic E-state index is -1.10. The van der Waals surface area contributed by atoms with Gasteiger partial charge in [0.25, 0.3) is 0 Å². The molecule has 0 N–H and O–H groups in total. The number of nitrogens with zero attached hydrogens (tertiary/aromatic N) is 1. The second kappa shape index (κ2) is 7.88. The number of hydrogen-bond donors (Lipinski definition) is 0. The van der Waals surface area contributed by atoms with E-state index in [1.165, 1.54) is 7.11 Å². The van der Waals surface area contributed by atoms with Crippen LogP contribution in [0.4, 0.5) is 0 Å². The molecule has 0 heterocycles. The van der Waals surface area contributed by atoms with Crippen molar-refractivity contribution in [3.05, 3.63) is 23.3 Å². The molecule has 1 aliphatic carbocycles. The maximum Gasteiger partial charge on any atom is 0.185 e. The third-order valence-corrected chi connectivity index (χ3v) is 4.24. The SMILES string of the molecule is CCC(=NOC)C1(OOC(C)(C)C)C=C(C(C)(C)C)C(=O)C(C(C)(C)C)=C1. The summed E-state index contributed by atoms with van der Waals surface area (Å²) < 4.78 is 0. The van der Waals surface area contributed by atoms with Gasteiger partial charge in [0.15, 0.2) is 11.4 Å². The van der Waals surface area contributed by atoms with Gasteiger partial charge in [0.05, 0.1) is 11.3 Å². The predicted octanol–water partition coefficient (Wildman–Crippen LogP) is 5.41. The maximum atomic E-state index is 13.3. The highest BCUT2D eigenvalue weighted by Gasteiger charge is 2.45. The van der Waals surface area contributed by atoms with E-state index in [0.717, 1.165) is 0 Å². The molecule has 154 valence electrons. The molecular formula is C22H37NO4. The normalized spacial score (nSPS) is 18.9. The van der Waals surface area contributed by atoms with Crippen LogP contribution in [0.5, 0.6) is 0 Å². The van der Waals surface area contributed by atoms with Crippen LogP contribution in [-0.2, 0) is 19.4 Å². The summed E-state index contributed by atoms with van der Waals surface area (Å²) in [6, 6.07) is 0. The number of oxime groups is 1. The van der Waals surface area contributed by atoms with Crippen molar-refractivity contribution in [3.63, 3.8) is 0 Å². The van der Waals surface area contributed by atoms with Crippen LogP contribution in [0.15, 0.2) is 28.5 Å². The molecule has 5 nitrogen and oxygen atoms in total. The first-order valence-corrected chi connectivity index (χ1v) is 9.56. The third-order valence-electron chi connectivity index (χ3n) is 4.24. The Labute approximate surface area is 164 Å². The Morgan fingerprint density at radius 3 is 1.70 bits per heavy atom. The summed E-state index contributed by atoms with van der Waals surface area (Å²) >= 11 is 0. The van der Waals surface area contributed by atoms with Crippen LogP contribution < -0.4 is 0 Å². The number of carbonyl (C=O) groups is 1. The highest BCUT2D eigenvalue weighted by atomic mass is 17.2. The number of rotatable bonds is 5. The van der Waals surface area contributed by atoms with Gasteiger partial charge in [-0.1, -0.05) is 53.6 Å². The molecule has 0 aromatic rings. The molecule has 27 heavy (non-hydrogen) atoms. The lowest BCUT2D eigenvalue weighted by molar-refractivity contribution is -0.370. The van der Waals surface area contributed by atoms with Crippen LogP contribution in [0.2, 0.25) is 0 Å². The van der Waals surface area contributed by atoms with Gasteiger partial charge in [-0.25, -0.2) is 9.78 Å². The molecule has 5 heteroatoms. The zero-order valence-electron chi connectivity index (χ0n) is 18.9. The molecule has 0 saturated heterocycles. The van der Waals surface area contributed by atoms with Crippen LogP contribution in [-0.4, -0.2) is 29.8 Å².